The van der Waals surface area contributed by atoms with Gasteiger partial charge in [0.15, 0.2) is 5.76 Å². The van der Waals surface area contributed by atoms with Gasteiger partial charge >= 0.3 is 0 Å². The second-order valence-electron chi connectivity index (χ2n) is 5.98. The zero-order chi connectivity index (χ0) is 14.7. The fourth-order valence-electron chi connectivity index (χ4n) is 3.28. The summed E-state index contributed by atoms with van der Waals surface area (Å²) in [6.45, 7) is 3.39. The molecule has 1 aliphatic carbocycles. The molecule has 5 heteroatoms. The average Bonchev–Trinajstić information content (AvgIpc) is 3.20. The molecule has 1 saturated heterocycles. The van der Waals surface area contributed by atoms with Crippen LogP contribution in [0.25, 0.3) is 0 Å². The lowest BCUT2D eigenvalue weighted by atomic mass is 10.1. The molecule has 0 unspecified atom stereocenters. The lowest BCUT2D eigenvalue weighted by Gasteiger charge is -2.35. The number of piperazine rings is 1. The van der Waals surface area contributed by atoms with Gasteiger partial charge in [0.1, 0.15) is 0 Å². The monoisotopic (exact) mass is 290 g/mol. The number of carbonyl (C=O) groups excluding carboxylic acids is 2. The van der Waals surface area contributed by atoms with Gasteiger partial charge in [0.05, 0.1) is 12.8 Å². The van der Waals surface area contributed by atoms with Crippen molar-refractivity contribution in [1.29, 1.82) is 0 Å². The summed E-state index contributed by atoms with van der Waals surface area (Å²) in [5.74, 6) is 1.00. The third-order valence-electron chi connectivity index (χ3n) is 4.55. The quantitative estimate of drug-likeness (QED) is 0.793. The topological polar surface area (TPSA) is 53.8 Å². The molecule has 21 heavy (non-hydrogen) atoms. The van der Waals surface area contributed by atoms with E-state index in [1.807, 2.05) is 4.90 Å². The largest absolute Gasteiger partial charge is 0.461 e. The van der Waals surface area contributed by atoms with Crippen molar-refractivity contribution in [3.05, 3.63) is 24.2 Å². The Hall–Kier alpha value is -1.62. The molecular weight excluding hydrogens is 268 g/mol. The van der Waals surface area contributed by atoms with Crippen molar-refractivity contribution in [3.8, 4) is 0 Å². The zero-order valence-corrected chi connectivity index (χ0v) is 12.3. The lowest BCUT2D eigenvalue weighted by Crippen LogP contribution is -2.51. The average molecular weight is 290 g/mol. The van der Waals surface area contributed by atoms with Crippen molar-refractivity contribution in [2.45, 2.75) is 25.7 Å². The Morgan fingerprint density at radius 2 is 1.86 bits per heavy atom. The van der Waals surface area contributed by atoms with E-state index in [-0.39, 0.29) is 11.7 Å². The molecule has 1 aromatic rings. The van der Waals surface area contributed by atoms with Crippen LogP contribution in [0.4, 0.5) is 0 Å². The number of furan rings is 1. The van der Waals surface area contributed by atoms with Crippen molar-refractivity contribution < 1.29 is 14.0 Å². The Kier molecular flexibility index (Phi) is 4.39. The molecular formula is C16H22N2O3. The predicted octanol–water partition coefficient (Wildman–Crippen LogP) is 1.80. The van der Waals surface area contributed by atoms with Crippen LogP contribution in [-0.4, -0.2) is 54.2 Å². The molecule has 3 rings (SSSR count). The molecule has 1 amide bonds. The van der Waals surface area contributed by atoms with Gasteiger partial charge < -0.3 is 9.32 Å². The minimum absolute atomic E-state index is 0.00979. The molecule has 1 aliphatic heterocycles. The van der Waals surface area contributed by atoms with Gasteiger partial charge in [-0.1, -0.05) is 12.8 Å². The van der Waals surface area contributed by atoms with E-state index in [2.05, 4.69) is 4.90 Å². The second-order valence-corrected chi connectivity index (χ2v) is 5.98. The molecule has 1 saturated carbocycles. The maximum Gasteiger partial charge on any atom is 0.225 e. The van der Waals surface area contributed by atoms with Gasteiger partial charge in [-0.05, 0) is 25.0 Å². The van der Waals surface area contributed by atoms with E-state index in [1.165, 1.54) is 19.1 Å². The molecule has 2 heterocycles. The highest BCUT2D eigenvalue weighted by Gasteiger charge is 2.29. The predicted molar refractivity (Wildman–Crippen MR) is 78.0 cm³/mol. The number of nitrogens with zero attached hydrogens (tertiary/aromatic N) is 2. The molecule has 0 bridgehead atoms. The first kappa shape index (κ1) is 14.3. The lowest BCUT2D eigenvalue weighted by molar-refractivity contribution is -0.137. The summed E-state index contributed by atoms with van der Waals surface area (Å²) in [6.07, 6.45) is 6.00. The Bertz CT molecular complexity index is 484. The minimum Gasteiger partial charge on any atom is -0.461 e. The number of carbonyl (C=O) groups is 2. The van der Waals surface area contributed by atoms with Gasteiger partial charge in [-0.3, -0.25) is 14.5 Å². The van der Waals surface area contributed by atoms with Gasteiger partial charge in [-0.15, -0.1) is 0 Å². The van der Waals surface area contributed by atoms with Crippen LogP contribution in [0.5, 0.6) is 0 Å². The van der Waals surface area contributed by atoms with Crippen molar-refractivity contribution in [2.75, 3.05) is 32.7 Å². The molecule has 114 valence electrons. The van der Waals surface area contributed by atoms with E-state index in [0.717, 1.165) is 39.0 Å². The van der Waals surface area contributed by atoms with Crippen LogP contribution in [0.2, 0.25) is 0 Å². The van der Waals surface area contributed by atoms with E-state index >= 15 is 0 Å². The molecule has 0 aromatic carbocycles. The first-order valence-electron chi connectivity index (χ1n) is 7.82. The van der Waals surface area contributed by atoms with E-state index < -0.39 is 0 Å². The highest BCUT2D eigenvalue weighted by Crippen LogP contribution is 2.26. The van der Waals surface area contributed by atoms with Crippen LogP contribution < -0.4 is 0 Å². The van der Waals surface area contributed by atoms with E-state index in [4.69, 9.17) is 4.42 Å². The van der Waals surface area contributed by atoms with Crippen LogP contribution in [0, 0.1) is 5.92 Å². The van der Waals surface area contributed by atoms with E-state index in [9.17, 15) is 9.59 Å². The van der Waals surface area contributed by atoms with Crippen molar-refractivity contribution in [3.63, 3.8) is 0 Å². The summed E-state index contributed by atoms with van der Waals surface area (Å²) in [5, 5.41) is 0. The van der Waals surface area contributed by atoms with Crippen molar-refractivity contribution >= 4 is 11.7 Å². The van der Waals surface area contributed by atoms with Gasteiger partial charge in [0.2, 0.25) is 11.7 Å². The van der Waals surface area contributed by atoms with Crippen LogP contribution in [0.3, 0.4) is 0 Å². The summed E-state index contributed by atoms with van der Waals surface area (Å²) in [4.78, 5) is 28.4. The molecule has 0 N–H and O–H groups in total. The molecule has 2 fully saturated rings. The second kappa shape index (κ2) is 6.43. The molecule has 2 aliphatic rings. The fourth-order valence-corrected chi connectivity index (χ4v) is 3.28. The van der Waals surface area contributed by atoms with Gasteiger partial charge in [-0.25, -0.2) is 0 Å². The summed E-state index contributed by atoms with van der Waals surface area (Å²) < 4.78 is 5.12. The Morgan fingerprint density at radius 1 is 1.14 bits per heavy atom. The van der Waals surface area contributed by atoms with Crippen molar-refractivity contribution in [2.24, 2.45) is 5.92 Å². The SMILES string of the molecule is O=C(CN1CCN(C(=O)C2CCCC2)CC1)c1ccco1. The summed E-state index contributed by atoms with van der Waals surface area (Å²) >= 11 is 0. The molecule has 0 atom stereocenters. The zero-order valence-electron chi connectivity index (χ0n) is 12.3. The van der Waals surface area contributed by atoms with Gasteiger partial charge in [0.25, 0.3) is 0 Å². The minimum atomic E-state index is 0.00979. The standard InChI is InChI=1S/C16H22N2O3/c19-14(15-6-3-11-21-15)12-17-7-9-18(10-8-17)16(20)13-4-1-2-5-13/h3,6,11,13H,1-2,4-5,7-10,12H2. The fraction of sp³-hybridized carbons (Fsp3) is 0.625. The number of ketones is 1. The van der Waals surface area contributed by atoms with E-state index in [0.29, 0.717) is 18.2 Å². The van der Waals surface area contributed by atoms with Gasteiger partial charge in [0, 0.05) is 32.1 Å². The smallest absolute Gasteiger partial charge is 0.225 e. The number of amides is 1. The van der Waals surface area contributed by atoms with Crippen LogP contribution in [-0.2, 0) is 4.79 Å². The first-order valence-corrected chi connectivity index (χ1v) is 7.82. The molecule has 0 spiro atoms. The Labute approximate surface area is 124 Å². The van der Waals surface area contributed by atoms with E-state index in [1.54, 1.807) is 12.1 Å². The van der Waals surface area contributed by atoms with Crippen LogP contribution in [0.15, 0.2) is 22.8 Å². The molecule has 1 aromatic heterocycles. The Morgan fingerprint density at radius 3 is 2.48 bits per heavy atom. The maximum atomic E-state index is 12.3. The highest BCUT2D eigenvalue weighted by atomic mass is 16.3. The summed E-state index contributed by atoms with van der Waals surface area (Å²) in [5.41, 5.74) is 0. The normalized spacial score (nSPS) is 20.9. The third kappa shape index (κ3) is 3.35. The number of Topliss-reactive ketones (excluding diaryl/α,β-unsaturated/α-hetero) is 1. The number of rotatable bonds is 4. The molecule has 0 radical (unpaired) electrons. The summed E-state index contributed by atoms with van der Waals surface area (Å²) in [6, 6.07) is 3.42. The Balaban J connectivity index is 1.46. The summed E-state index contributed by atoms with van der Waals surface area (Å²) in [7, 11) is 0. The van der Waals surface area contributed by atoms with Gasteiger partial charge in [-0.2, -0.15) is 0 Å². The third-order valence-corrected chi connectivity index (χ3v) is 4.55. The van der Waals surface area contributed by atoms with Crippen LogP contribution in [0.1, 0.15) is 36.2 Å². The molecule has 5 nitrogen and oxygen atoms in total. The van der Waals surface area contributed by atoms with Crippen molar-refractivity contribution in [1.82, 2.24) is 9.80 Å². The number of hydrogen-bond acceptors (Lipinski definition) is 4. The number of hydrogen-bond donors (Lipinski definition) is 0. The van der Waals surface area contributed by atoms with Crippen LogP contribution >= 0.6 is 0 Å². The highest BCUT2D eigenvalue weighted by molar-refractivity contribution is 5.95. The maximum absolute atomic E-state index is 12.3. The first-order chi connectivity index (χ1) is 10.2.